The summed E-state index contributed by atoms with van der Waals surface area (Å²) in [4.78, 5) is 27.4. The molecule has 24 heavy (non-hydrogen) atoms. The minimum Gasteiger partial charge on any atom is -0.462 e. The zero-order valence-corrected chi connectivity index (χ0v) is 14.6. The van der Waals surface area contributed by atoms with E-state index >= 15 is 0 Å². The first-order valence-electron chi connectivity index (χ1n) is 7.68. The maximum atomic E-state index is 14.1. The van der Waals surface area contributed by atoms with Gasteiger partial charge in [0, 0.05) is 10.9 Å². The van der Waals surface area contributed by atoms with Crippen LogP contribution in [0.4, 0.5) is 15.9 Å². The Morgan fingerprint density at radius 2 is 2.21 bits per heavy atom. The van der Waals surface area contributed by atoms with E-state index in [0.29, 0.717) is 35.0 Å². The Labute approximate surface area is 146 Å². The summed E-state index contributed by atoms with van der Waals surface area (Å²) in [5, 5.41) is 2.88. The van der Waals surface area contributed by atoms with Gasteiger partial charge < -0.3 is 15.0 Å². The summed E-state index contributed by atoms with van der Waals surface area (Å²) >= 11 is 3.20. The van der Waals surface area contributed by atoms with Crippen LogP contribution in [-0.4, -0.2) is 23.3 Å². The molecule has 0 radical (unpaired) electrons. The highest BCUT2D eigenvalue weighted by Crippen LogP contribution is 2.33. The highest BCUT2D eigenvalue weighted by atomic mass is 79.9. The molecule has 0 saturated carbocycles. The van der Waals surface area contributed by atoms with Crippen LogP contribution in [0.25, 0.3) is 0 Å². The van der Waals surface area contributed by atoms with Crippen LogP contribution in [0.1, 0.15) is 46.2 Å². The van der Waals surface area contributed by atoms with Gasteiger partial charge >= 0.3 is 5.97 Å². The lowest BCUT2D eigenvalue weighted by Gasteiger charge is -2.11. The van der Waals surface area contributed by atoms with Crippen LogP contribution < -0.4 is 5.32 Å². The number of rotatable bonds is 4. The fourth-order valence-corrected chi connectivity index (χ4v) is 3.16. The summed E-state index contributed by atoms with van der Waals surface area (Å²) in [7, 11) is 0. The molecule has 5 nitrogen and oxygen atoms in total. The van der Waals surface area contributed by atoms with E-state index in [0.717, 1.165) is 0 Å². The number of ether oxygens (including phenoxy) is 1. The van der Waals surface area contributed by atoms with Gasteiger partial charge in [0.05, 0.1) is 18.0 Å². The van der Waals surface area contributed by atoms with Crippen molar-refractivity contribution in [1.29, 1.82) is 0 Å². The minimum absolute atomic E-state index is 0.0499. The predicted octanol–water partition coefficient (Wildman–Crippen LogP) is 4.36. The van der Waals surface area contributed by atoms with E-state index in [9.17, 15) is 14.0 Å². The van der Waals surface area contributed by atoms with Gasteiger partial charge in [0.15, 0.2) is 5.78 Å². The molecule has 1 heterocycles. The fourth-order valence-electron chi connectivity index (χ4n) is 2.83. The van der Waals surface area contributed by atoms with Crippen molar-refractivity contribution in [2.75, 3.05) is 11.9 Å². The number of anilines is 2. The van der Waals surface area contributed by atoms with Crippen LogP contribution in [-0.2, 0) is 11.2 Å². The van der Waals surface area contributed by atoms with E-state index in [4.69, 9.17) is 4.74 Å². The number of hydrogen-bond acceptors (Lipinski definition) is 4. The molecule has 0 spiro atoms. The Balaban J connectivity index is 2.06. The van der Waals surface area contributed by atoms with Crippen molar-refractivity contribution in [2.45, 2.75) is 26.2 Å². The smallest absolute Gasteiger partial charge is 0.342 e. The quantitative estimate of drug-likeness (QED) is 0.755. The molecule has 1 aliphatic carbocycles. The van der Waals surface area contributed by atoms with E-state index in [1.807, 2.05) is 0 Å². The number of ketones is 1. The molecular weight excluding hydrogens is 379 g/mol. The maximum absolute atomic E-state index is 14.1. The number of halogens is 2. The summed E-state index contributed by atoms with van der Waals surface area (Å²) in [5.41, 5.74) is 1.53. The lowest BCUT2D eigenvalue weighted by molar-refractivity contribution is 0.0526. The maximum Gasteiger partial charge on any atom is 0.342 e. The second kappa shape index (κ2) is 6.76. The summed E-state index contributed by atoms with van der Waals surface area (Å²) in [6, 6.07) is 4.56. The third-order valence-electron chi connectivity index (χ3n) is 3.88. The van der Waals surface area contributed by atoms with E-state index < -0.39 is 11.8 Å². The van der Waals surface area contributed by atoms with Gasteiger partial charge in [0.1, 0.15) is 17.2 Å². The van der Waals surface area contributed by atoms with Crippen LogP contribution in [0.15, 0.2) is 22.7 Å². The van der Waals surface area contributed by atoms with Gasteiger partial charge in [-0.3, -0.25) is 4.79 Å². The normalized spacial score (nSPS) is 13.5. The van der Waals surface area contributed by atoms with Gasteiger partial charge in [-0.25, -0.2) is 9.18 Å². The molecule has 1 aromatic carbocycles. The first-order valence-corrected chi connectivity index (χ1v) is 8.47. The number of hydrogen-bond donors (Lipinski definition) is 2. The average Bonchev–Trinajstić information content (AvgIpc) is 2.90. The fraction of sp³-hybridized carbons (Fsp3) is 0.294. The van der Waals surface area contributed by atoms with Crippen molar-refractivity contribution >= 4 is 39.2 Å². The third-order valence-corrected chi connectivity index (χ3v) is 4.38. The number of carbonyl (C=O) groups excluding carboxylic acids is 2. The van der Waals surface area contributed by atoms with Crippen LogP contribution in [0.2, 0.25) is 0 Å². The van der Waals surface area contributed by atoms with Crippen LogP contribution in [0.5, 0.6) is 0 Å². The molecular formula is C17H16BrFN2O3. The minimum atomic E-state index is -0.523. The molecule has 0 atom stereocenters. The molecule has 2 N–H and O–H groups in total. The number of carbonyl (C=O) groups is 2. The number of esters is 1. The Morgan fingerprint density at radius 1 is 1.42 bits per heavy atom. The molecule has 0 fully saturated rings. The molecule has 0 unspecified atom stereocenters. The van der Waals surface area contributed by atoms with Gasteiger partial charge in [-0.2, -0.15) is 0 Å². The highest BCUT2D eigenvalue weighted by Gasteiger charge is 2.30. The predicted molar refractivity (Wildman–Crippen MR) is 91.4 cm³/mol. The molecule has 3 rings (SSSR count). The molecule has 7 heteroatoms. The third kappa shape index (κ3) is 3.08. The molecule has 126 valence electrons. The lowest BCUT2D eigenvalue weighted by atomic mass is 9.94. The number of aromatic nitrogens is 1. The van der Waals surface area contributed by atoms with Crippen molar-refractivity contribution in [1.82, 2.24) is 4.98 Å². The molecule has 2 aromatic rings. The van der Waals surface area contributed by atoms with Crippen LogP contribution in [0, 0.1) is 5.82 Å². The lowest BCUT2D eigenvalue weighted by Crippen LogP contribution is -2.13. The zero-order chi connectivity index (χ0) is 17.3. The summed E-state index contributed by atoms with van der Waals surface area (Å²) in [6.45, 7) is 1.93. The topological polar surface area (TPSA) is 71.2 Å². The second-order valence-electron chi connectivity index (χ2n) is 5.47. The Kier molecular flexibility index (Phi) is 4.71. The molecule has 0 bridgehead atoms. The number of fused-ring (bicyclic) bond motifs is 1. The van der Waals surface area contributed by atoms with E-state index in [1.165, 1.54) is 6.07 Å². The van der Waals surface area contributed by atoms with Crippen molar-refractivity contribution in [3.05, 3.63) is 45.3 Å². The molecule has 1 aliphatic rings. The second-order valence-corrected chi connectivity index (χ2v) is 6.39. The number of benzene rings is 1. The highest BCUT2D eigenvalue weighted by molar-refractivity contribution is 9.10. The Hall–Kier alpha value is -2.15. The van der Waals surface area contributed by atoms with Crippen molar-refractivity contribution in [2.24, 2.45) is 0 Å². The van der Waals surface area contributed by atoms with Crippen LogP contribution >= 0.6 is 15.9 Å². The number of Topliss-reactive ketones (excluding diaryl/α,β-unsaturated/α-hetero) is 1. The molecule has 0 aliphatic heterocycles. The average molecular weight is 395 g/mol. The molecule has 0 saturated heterocycles. The SMILES string of the molecule is CCOC(=O)c1c(Nc2ccc(Br)cc2F)[nH]c2c1CCCC2=O. The van der Waals surface area contributed by atoms with Gasteiger partial charge in [-0.1, -0.05) is 15.9 Å². The number of nitrogens with one attached hydrogen (secondary N) is 2. The van der Waals surface area contributed by atoms with E-state index in [-0.39, 0.29) is 29.5 Å². The number of H-pyrrole nitrogens is 1. The van der Waals surface area contributed by atoms with Crippen molar-refractivity contribution in [3.63, 3.8) is 0 Å². The van der Waals surface area contributed by atoms with Gasteiger partial charge in [-0.15, -0.1) is 0 Å². The summed E-state index contributed by atoms with van der Waals surface area (Å²) in [5.74, 6) is -0.760. The molecule has 0 amide bonds. The van der Waals surface area contributed by atoms with Gasteiger partial charge in [0.25, 0.3) is 0 Å². The largest absolute Gasteiger partial charge is 0.462 e. The molecule has 1 aromatic heterocycles. The Bertz CT molecular complexity index is 816. The van der Waals surface area contributed by atoms with E-state index in [2.05, 4.69) is 26.2 Å². The monoisotopic (exact) mass is 394 g/mol. The first-order chi connectivity index (χ1) is 11.5. The first kappa shape index (κ1) is 16.7. The van der Waals surface area contributed by atoms with Crippen LogP contribution in [0.3, 0.4) is 0 Å². The summed E-state index contributed by atoms with van der Waals surface area (Å²) in [6.07, 6.45) is 1.72. The van der Waals surface area contributed by atoms with E-state index in [1.54, 1.807) is 19.1 Å². The Morgan fingerprint density at radius 3 is 2.92 bits per heavy atom. The standard InChI is InChI=1S/C17H16BrFN2O3/c1-2-24-17(23)14-10-4-3-5-13(22)15(10)21-16(14)20-12-7-6-9(18)8-11(12)19/h6-8,20-21H,2-5H2,1H3. The van der Waals surface area contributed by atoms with Gasteiger partial charge in [-0.05, 0) is 43.5 Å². The number of aromatic amines is 1. The van der Waals surface area contributed by atoms with Gasteiger partial charge in [0.2, 0.25) is 0 Å². The summed E-state index contributed by atoms with van der Waals surface area (Å²) < 4.78 is 19.8. The van der Waals surface area contributed by atoms with Crippen molar-refractivity contribution < 1.29 is 18.7 Å². The van der Waals surface area contributed by atoms with Crippen molar-refractivity contribution in [3.8, 4) is 0 Å². The zero-order valence-electron chi connectivity index (χ0n) is 13.0.